The van der Waals surface area contributed by atoms with Crippen LogP contribution >= 0.6 is 0 Å². The fourth-order valence-corrected chi connectivity index (χ4v) is 2.00. The van der Waals surface area contributed by atoms with Crippen LogP contribution in [0.1, 0.15) is 5.56 Å². The number of methoxy groups -OCH3 is 2. The normalized spacial score (nSPS) is 10.0. The van der Waals surface area contributed by atoms with Crippen LogP contribution in [0.3, 0.4) is 0 Å². The fraction of sp³-hybridized carbons (Fsp3) is 0.294. The van der Waals surface area contributed by atoms with Crippen molar-refractivity contribution in [3.63, 3.8) is 0 Å². The minimum absolute atomic E-state index is 0.0363. The molecule has 0 N–H and O–H groups in total. The van der Waals surface area contributed by atoms with Gasteiger partial charge >= 0.3 is 0 Å². The number of hydrogen-bond donors (Lipinski definition) is 0. The Morgan fingerprint density at radius 2 is 1.78 bits per heavy atom. The van der Waals surface area contributed by atoms with E-state index in [1.807, 2.05) is 12.1 Å². The lowest BCUT2D eigenvalue weighted by Crippen LogP contribution is -2.31. The third-order valence-electron chi connectivity index (χ3n) is 3.30. The molecular formula is C17H20N2O4. The maximum atomic E-state index is 12.2. The molecule has 1 amide bonds. The quantitative estimate of drug-likeness (QED) is 0.783. The summed E-state index contributed by atoms with van der Waals surface area (Å²) in [5.74, 6) is 1.74. The van der Waals surface area contributed by atoms with Crippen molar-refractivity contribution < 1.29 is 19.0 Å². The van der Waals surface area contributed by atoms with Gasteiger partial charge in [0.2, 0.25) is 5.88 Å². The van der Waals surface area contributed by atoms with E-state index in [4.69, 9.17) is 14.2 Å². The zero-order valence-corrected chi connectivity index (χ0v) is 13.5. The molecule has 2 aromatic rings. The third kappa shape index (κ3) is 4.60. The summed E-state index contributed by atoms with van der Waals surface area (Å²) < 4.78 is 15.7. The lowest BCUT2D eigenvalue weighted by molar-refractivity contribution is -0.132. The van der Waals surface area contributed by atoms with Crippen molar-refractivity contribution in [2.75, 3.05) is 27.9 Å². The second-order valence-corrected chi connectivity index (χ2v) is 4.89. The summed E-state index contributed by atoms with van der Waals surface area (Å²) >= 11 is 0. The minimum Gasteiger partial charge on any atom is -0.497 e. The second kappa shape index (κ2) is 8.03. The molecule has 6 heteroatoms. The molecule has 0 radical (unpaired) electrons. The summed E-state index contributed by atoms with van der Waals surface area (Å²) in [7, 11) is 4.87. The van der Waals surface area contributed by atoms with Gasteiger partial charge in [0, 0.05) is 18.8 Å². The van der Waals surface area contributed by atoms with Gasteiger partial charge in [0.1, 0.15) is 11.5 Å². The predicted octanol–water partition coefficient (Wildman–Crippen LogP) is 2.14. The molecule has 1 heterocycles. The van der Waals surface area contributed by atoms with E-state index in [0.29, 0.717) is 18.2 Å². The molecule has 0 bridgehead atoms. The van der Waals surface area contributed by atoms with Crippen LogP contribution in [0, 0.1) is 0 Å². The maximum absolute atomic E-state index is 12.2. The SMILES string of the molecule is COc1ccc(OCC(=O)N(C)Cc2cccnc2OC)cc1. The first-order valence-corrected chi connectivity index (χ1v) is 7.12. The van der Waals surface area contributed by atoms with Crippen molar-refractivity contribution >= 4 is 5.91 Å². The highest BCUT2D eigenvalue weighted by Gasteiger charge is 2.13. The predicted molar refractivity (Wildman–Crippen MR) is 85.8 cm³/mol. The highest BCUT2D eigenvalue weighted by Crippen LogP contribution is 2.18. The largest absolute Gasteiger partial charge is 0.497 e. The smallest absolute Gasteiger partial charge is 0.260 e. The lowest BCUT2D eigenvalue weighted by Gasteiger charge is -2.18. The summed E-state index contributed by atoms with van der Waals surface area (Å²) in [5, 5.41) is 0. The van der Waals surface area contributed by atoms with Gasteiger partial charge in [0.05, 0.1) is 20.8 Å². The van der Waals surface area contributed by atoms with Crippen molar-refractivity contribution in [2.24, 2.45) is 0 Å². The monoisotopic (exact) mass is 316 g/mol. The number of ether oxygens (including phenoxy) is 3. The first kappa shape index (κ1) is 16.6. The molecule has 1 aromatic carbocycles. The summed E-state index contributed by atoms with van der Waals surface area (Å²) in [6.07, 6.45) is 1.65. The summed E-state index contributed by atoms with van der Waals surface area (Å²) in [4.78, 5) is 17.8. The molecule has 0 atom stereocenters. The number of amides is 1. The first-order chi connectivity index (χ1) is 11.1. The number of likely N-dealkylation sites (N-methyl/N-ethyl adjacent to an activating group) is 1. The molecule has 122 valence electrons. The highest BCUT2D eigenvalue weighted by molar-refractivity contribution is 5.77. The zero-order chi connectivity index (χ0) is 16.7. The zero-order valence-electron chi connectivity index (χ0n) is 13.5. The fourth-order valence-electron chi connectivity index (χ4n) is 2.00. The number of aromatic nitrogens is 1. The van der Waals surface area contributed by atoms with Crippen molar-refractivity contribution in [3.05, 3.63) is 48.2 Å². The van der Waals surface area contributed by atoms with E-state index in [-0.39, 0.29) is 12.5 Å². The van der Waals surface area contributed by atoms with Crippen molar-refractivity contribution in [3.8, 4) is 17.4 Å². The van der Waals surface area contributed by atoms with Crippen LogP contribution in [-0.4, -0.2) is 43.7 Å². The van der Waals surface area contributed by atoms with Crippen LogP contribution in [0.5, 0.6) is 17.4 Å². The van der Waals surface area contributed by atoms with Crippen LogP contribution in [0.25, 0.3) is 0 Å². The molecule has 0 aliphatic heterocycles. The number of benzene rings is 1. The molecule has 0 saturated carbocycles. The molecule has 2 rings (SSSR count). The Bertz CT molecular complexity index is 643. The van der Waals surface area contributed by atoms with Crippen LogP contribution in [-0.2, 0) is 11.3 Å². The van der Waals surface area contributed by atoms with E-state index in [1.54, 1.807) is 56.6 Å². The van der Waals surface area contributed by atoms with Gasteiger partial charge in [0.15, 0.2) is 6.61 Å². The Labute approximate surface area is 135 Å². The Hall–Kier alpha value is -2.76. The van der Waals surface area contributed by atoms with Crippen molar-refractivity contribution in [1.29, 1.82) is 0 Å². The van der Waals surface area contributed by atoms with Crippen LogP contribution < -0.4 is 14.2 Å². The highest BCUT2D eigenvalue weighted by atomic mass is 16.5. The molecule has 1 aromatic heterocycles. The average molecular weight is 316 g/mol. The van der Waals surface area contributed by atoms with Gasteiger partial charge in [-0.1, -0.05) is 6.07 Å². The minimum atomic E-state index is -0.133. The van der Waals surface area contributed by atoms with Crippen molar-refractivity contribution in [2.45, 2.75) is 6.54 Å². The lowest BCUT2D eigenvalue weighted by atomic mass is 10.2. The third-order valence-corrected chi connectivity index (χ3v) is 3.30. The number of carbonyl (C=O) groups is 1. The summed E-state index contributed by atoms with van der Waals surface area (Å²) in [6, 6.07) is 10.8. The van der Waals surface area contributed by atoms with Gasteiger partial charge < -0.3 is 19.1 Å². The number of pyridine rings is 1. The van der Waals surface area contributed by atoms with E-state index < -0.39 is 0 Å². The number of carbonyl (C=O) groups excluding carboxylic acids is 1. The molecule has 0 saturated heterocycles. The van der Waals surface area contributed by atoms with Crippen LogP contribution in [0.15, 0.2) is 42.6 Å². The number of nitrogens with zero attached hydrogens (tertiary/aromatic N) is 2. The van der Waals surface area contributed by atoms with Crippen molar-refractivity contribution in [1.82, 2.24) is 9.88 Å². The van der Waals surface area contributed by atoms with E-state index in [9.17, 15) is 4.79 Å². The molecule has 0 fully saturated rings. The van der Waals surface area contributed by atoms with E-state index in [0.717, 1.165) is 11.3 Å². The summed E-state index contributed by atoms with van der Waals surface area (Å²) in [6.45, 7) is 0.368. The Kier molecular flexibility index (Phi) is 5.80. The molecule has 0 unspecified atom stereocenters. The molecule has 0 aliphatic rings. The Balaban J connectivity index is 1.89. The van der Waals surface area contributed by atoms with Gasteiger partial charge in [0.25, 0.3) is 5.91 Å². The standard InChI is InChI=1S/C17H20N2O4/c1-19(11-13-5-4-10-18-17(13)22-3)16(20)12-23-15-8-6-14(21-2)7-9-15/h4-10H,11-12H2,1-3H3. The van der Waals surface area contributed by atoms with E-state index >= 15 is 0 Å². The van der Waals surface area contributed by atoms with Gasteiger partial charge in [-0.05, 0) is 30.3 Å². The Morgan fingerprint density at radius 1 is 1.09 bits per heavy atom. The molecule has 6 nitrogen and oxygen atoms in total. The van der Waals surface area contributed by atoms with E-state index in [2.05, 4.69) is 4.98 Å². The van der Waals surface area contributed by atoms with Crippen LogP contribution in [0.2, 0.25) is 0 Å². The van der Waals surface area contributed by atoms with Gasteiger partial charge in [-0.15, -0.1) is 0 Å². The first-order valence-electron chi connectivity index (χ1n) is 7.12. The second-order valence-electron chi connectivity index (χ2n) is 4.89. The maximum Gasteiger partial charge on any atom is 0.260 e. The molecule has 0 aliphatic carbocycles. The molecular weight excluding hydrogens is 296 g/mol. The number of rotatable bonds is 7. The average Bonchev–Trinajstić information content (AvgIpc) is 2.60. The Morgan fingerprint density at radius 3 is 2.43 bits per heavy atom. The summed E-state index contributed by atoms with van der Waals surface area (Å²) in [5.41, 5.74) is 0.843. The molecule has 23 heavy (non-hydrogen) atoms. The topological polar surface area (TPSA) is 60.9 Å². The van der Waals surface area contributed by atoms with Gasteiger partial charge in [-0.3, -0.25) is 4.79 Å². The van der Waals surface area contributed by atoms with Crippen LogP contribution in [0.4, 0.5) is 0 Å². The molecule has 0 spiro atoms. The number of hydrogen-bond acceptors (Lipinski definition) is 5. The van der Waals surface area contributed by atoms with Gasteiger partial charge in [-0.25, -0.2) is 4.98 Å². The van der Waals surface area contributed by atoms with Gasteiger partial charge in [-0.2, -0.15) is 0 Å². The van der Waals surface area contributed by atoms with E-state index in [1.165, 1.54) is 0 Å².